The topological polar surface area (TPSA) is 81.7 Å². The molecule has 1 heterocycles. The molecular formula is C17H15F2NO5S. The molecule has 9 heteroatoms. The number of carbonyl (C=O) groups is 3. The molecule has 0 saturated heterocycles. The molecule has 0 aliphatic carbocycles. The van der Waals surface area contributed by atoms with Crippen molar-refractivity contribution in [2.24, 2.45) is 0 Å². The third-order valence-electron chi connectivity index (χ3n) is 3.18. The molecule has 0 unspecified atom stereocenters. The van der Waals surface area contributed by atoms with Gasteiger partial charge in [-0.2, -0.15) is 8.78 Å². The summed E-state index contributed by atoms with van der Waals surface area (Å²) in [4.78, 5) is 36.1. The van der Waals surface area contributed by atoms with E-state index in [4.69, 9.17) is 4.74 Å². The summed E-state index contributed by atoms with van der Waals surface area (Å²) in [6.45, 7) is -1.96. The lowest BCUT2D eigenvalue weighted by molar-refractivity contribution is -0.145. The Morgan fingerprint density at radius 3 is 2.42 bits per heavy atom. The van der Waals surface area contributed by atoms with Crippen LogP contribution in [0, 0.1) is 0 Å². The van der Waals surface area contributed by atoms with Crippen LogP contribution >= 0.6 is 11.3 Å². The van der Waals surface area contributed by atoms with E-state index in [-0.39, 0.29) is 17.9 Å². The fourth-order valence-corrected chi connectivity index (χ4v) is 2.62. The average Bonchev–Trinajstić information content (AvgIpc) is 3.14. The van der Waals surface area contributed by atoms with Crippen molar-refractivity contribution in [3.05, 3.63) is 52.2 Å². The van der Waals surface area contributed by atoms with Crippen molar-refractivity contribution in [2.75, 3.05) is 6.54 Å². The summed E-state index contributed by atoms with van der Waals surface area (Å²) in [5.74, 6) is -1.78. The SMILES string of the molecule is C[C@@H](OC(=O)CNC(=O)c1cccs1)C(=O)c1ccc(OC(F)F)cc1. The number of ketones is 1. The van der Waals surface area contributed by atoms with Gasteiger partial charge in [-0.05, 0) is 42.6 Å². The molecular weight excluding hydrogens is 368 g/mol. The maximum absolute atomic E-state index is 12.2. The van der Waals surface area contributed by atoms with Crippen LogP contribution in [0.3, 0.4) is 0 Å². The van der Waals surface area contributed by atoms with E-state index >= 15 is 0 Å². The number of alkyl halides is 2. The highest BCUT2D eigenvalue weighted by atomic mass is 32.1. The van der Waals surface area contributed by atoms with Crippen LogP contribution < -0.4 is 10.1 Å². The third-order valence-corrected chi connectivity index (χ3v) is 4.05. The van der Waals surface area contributed by atoms with Crippen LogP contribution in [-0.2, 0) is 9.53 Å². The molecule has 138 valence electrons. The molecule has 1 aromatic carbocycles. The third kappa shape index (κ3) is 5.62. The first-order chi connectivity index (χ1) is 12.4. The van der Waals surface area contributed by atoms with E-state index in [9.17, 15) is 23.2 Å². The number of nitrogens with one attached hydrogen (secondary N) is 1. The second-order valence-electron chi connectivity index (χ2n) is 5.06. The molecule has 1 atom stereocenters. The van der Waals surface area contributed by atoms with Crippen LogP contribution in [-0.4, -0.2) is 36.9 Å². The Kier molecular flexibility index (Phi) is 6.79. The van der Waals surface area contributed by atoms with Gasteiger partial charge in [-0.15, -0.1) is 11.3 Å². The minimum Gasteiger partial charge on any atom is -0.453 e. The first kappa shape index (κ1) is 19.5. The Morgan fingerprint density at radius 1 is 1.15 bits per heavy atom. The van der Waals surface area contributed by atoms with E-state index in [0.717, 1.165) is 0 Å². The van der Waals surface area contributed by atoms with Crippen molar-refractivity contribution >= 4 is 29.0 Å². The highest BCUT2D eigenvalue weighted by molar-refractivity contribution is 7.12. The Hall–Kier alpha value is -2.81. The van der Waals surface area contributed by atoms with Gasteiger partial charge in [-0.25, -0.2) is 0 Å². The van der Waals surface area contributed by atoms with Crippen LogP contribution in [0.1, 0.15) is 27.0 Å². The maximum Gasteiger partial charge on any atom is 0.387 e. The van der Waals surface area contributed by atoms with E-state index in [1.165, 1.54) is 42.5 Å². The number of carbonyl (C=O) groups excluding carboxylic acids is 3. The van der Waals surface area contributed by atoms with E-state index in [0.29, 0.717) is 4.88 Å². The number of rotatable bonds is 8. The maximum atomic E-state index is 12.2. The zero-order chi connectivity index (χ0) is 19.1. The molecule has 0 aliphatic heterocycles. The molecule has 26 heavy (non-hydrogen) atoms. The molecule has 1 amide bonds. The normalized spacial score (nSPS) is 11.7. The molecule has 0 spiro atoms. The van der Waals surface area contributed by atoms with Gasteiger partial charge < -0.3 is 14.8 Å². The van der Waals surface area contributed by atoms with Crippen molar-refractivity contribution in [2.45, 2.75) is 19.6 Å². The molecule has 6 nitrogen and oxygen atoms in total. The Morgan fingerprint density at radius 2 is 1.85 bits per heavy atom. The Bertz CT molecular complexity index is 762. The predicted molar refractivity (Wildman–Crippen MR) is 89.6 cm³/mol. The number of Topliss-reactive ketones (excluding diaryl/α,β-unsaturated/α-hetero) is 1. The fourth-order valence-electron chi connectivity index (χ4n) is 1.98. The van der Waals surface area contributed by atoms with E-state index in [1.54, 1.807) is 17.5 Å². The standard InChI is InChI=1S/C17H15F2NO5S/c1-10(15(22)11-4-6-12(7-5-11)25-17(18)19)24-14(21)9-20-16(23)13-3-2-8-26-13/h2-8,10,17H,9H2,1H3,(H,20,23)/t10-/m1/s1. The van der Waals surface area contributed by atoms with Crippen molar-refractivity contribution in [1.29, 1.82) is 0 Å². The molecule has 0 fully saturated rings. The van der Waals surface area contributed by atoms with Crippen molar-refractivity contribution in [1.82, 2.24) is 5.32 Å². The molecule has 0 aliphatic rings. The van der Waals surface area contributed by atoms with Crippen LogP contribution in [0.15, 0.2) is 41.8 Å². The summed E-state index contributed by atoms with van der Waals surface area (Å²) in [6, 6.07) is 8.34. The van der Waals surface area contributed by atoms with Gasteiger partial charge in [0.2, 0.25) is 5.78 Å². The van der Waals surface area contributed by atoms with Gasteiger partial charge in [0.1, 0.15) is 12.3 Å². The summed E-state index contributed by atoms with van der Waals surface area (Å²) in [5, 5.41) is 4.12. The number of hydrogen-bond donors (Lipinski definition) is 1. The van der Waals surface area contributed by atoms with Crippen molar-refractivity contribution < 1.29 is 32.6 Å². The van der Waals surface area contributed by atoms with Crippen LogP contribution in [0.25, 0.3) is 0 Å². The zero-order valence-electron chi connectivity index (χ0n) is 13.6. The first-order valence-corrected chi connectivity index (χ1v) is 8.35. The monoisotopic (exact) mass is 383 g/mol. The minimum absolute atomic E-state index is 0.0857. The van der Waals surface area contributed by atoms with Crippen LogP contribution in [0.5, 0.6) is 5.75 Å². The molecule has 2 aromatic rings. The smallest absolute Gasteiger partial charge is 0.387 e. The summed E-state index contributed by atoms with van der Waals surface area (Å²) in [5.41, 5.74) is 0.175. The number of amides is 1. The van der Waals surface area contributed by atoms with Gasteiger partial charge in [-0.1, -0.05) is 6.07 Å². The molecule has 0 bridgehead atoms. The Labute approximate surface area is 151 Å². The predicted octanol–water partition coefficient (Wildman–Crippen LogP) is 2.89. The lowest BCUT2D eigenvalue weighted by Gasteiger charge is -2.13. The number of benzene rings is 1. The summed E-state index contributed by atoms with van der Waals surface area (Å²) in [7, 11) is 0. The van der Waals surface area contributed by atoms with Gasteiger partial charge in [0.15, 0.2) is 6.10 Å². The first-order valence-electron chi connectivity index (χ1n) is 7.47. The molecule has 2 rings (SSSR count). The lowest BCUT2D eigenvalue weighted by Crippen LogP contribution is -2.33. The number of hydrogen-bond acceptors (Lipinski definition) is 6. The fraction of sp³-hybridized carbons (Fsp3) is 0.235. The Balaban J connectivity index is 1.84. The highest BCUT2D eigenvalue weighted by Gasteiger charge is 2.20. The van der Waals surface area contributed by atoms with Crippen molar-refractivity contribution in [3.8, 4) is 5.75 Å². The molecule has 1 aromatic heterocycles. The van der Waals surface area contributed by atoms with Crippen LogP contribution in [0.2, 0.25) is 0 Å². The highest BCUT2D eigenvalue weighted by Crippen LogP contribution is 2.16. The summed E-state index contributed by atoms with van der Waals surface area (Å²) >= 11 is 1.23. The summed E-state index contributed by atoms with van der Waals surface area (Å²) in [6.07, 6.45) is -1.09. The van der Waals surface area contributed by atoms with Gasteiger partial charge in [0, 0.05) is 5.56 Å². The van der Waals surface area contributed by atoms with E-state index in [2.05, 4.69) is 10.1 Å². The van der Waals surface area contributed by atoms with Gasteiger partial charge >= 0.3 is 12.6 Å². The van der Waals surface area contributed by atoms with Gasteiger partial charge in [0.25, 0.3) is 5.91 Å². The second-order valence-corrected chi connectivity index (χ2v) is 6.01. The van der Waals surface area contributed by atoms with E-state index in [1.807, 2.05) is 0 Å². The average molecular weight is 383 g/mol. The van der Waals surface area contributed by atoms with E-state index < -0.39 is 30.4 Å². The minimum atomic E-state index is -2.96. The molecule has 1 N–H and O–H groups in total. The zero-order valence-corrected chi connectivity index (χ0v) is 14.4. The van der Waals surface area contributed by atoms with Gasteiger partial charge in [0.05, 0.1) is 4.88 Å². The number of halogens is 2. The van der Waals surface area contributed by atoms with Gasteiger partial charge in [-0.3, -0.25) is 14.4 Å². The molecule has 0 radical (unpaired) electrons. The summed E-state index contributed by atoms with van der Waals surface area (Å²) < 4.78 is 33.4. The van der Waals surface area contributed by atoms with Crippen LogP contribution in [0.4, 0.5) is 8.78 Å². The molecule has 0 saturated carbocycles. The number of ether oxygens (including phenoxy) is 2. The second kappa shape index (κ2) is 9.04. The number of thiophene rings is 1. The lowest BCUT2D eigenvalue weighted by atomic mass is 10.1. The van der Waals surface area contributed by atoms with Crippen molar-refractivity contribution in [3.63, 3.8) is 0 Å². The number of esters is 1. The quantitative estimate of drug-likeness (QED) is 0.560. The largest absolute Gasteiger partial charge is 0.453 e.